The van der Waals surface area contributed by atoms with Crippen LogP contribution in [0.5, 0.6) is 5.75 Å². The lowest BCUT2D eigenvalue weighted by molar-refractivity contribution is -0.134. The topological polar surface area (TPSA) is 52.3 Å². The Morgan fingerprint density at radius 1 is 1.20 bits per heavy atom. The van der Waals surface area contributed by atoms with Crippen molar-refractivity contribution < 1.29 is 18.3 Å². The van der Waals surface area contributed by atoms with Crippen LogP contribution >= 0.6 is 23.2 Å². The molecule has 7 heteroatoms. The number of benzene rings is 2. The Balaban J connectivity index is 1.60. The van der Waals surface area contributed by atoms with Gasteiger partial charge in [-0.15, -0.1) is 0 Å². The summed E-state index contributed by atoms with van der Waals surface area (Å²) in [5, 5.41) is 0.698. The Morgan fingerprint density at radius 3 is 2.76 bits per heavy atom. The SMILES string of the molecule is O=C(CCc1ncc(-c2ccccc2F)o1)Oc1ccc(Cl)cc1Cl. The Kier molecular flexibility index (Phi) is 5.36. The molecule has 0 bridgehead atoms. The van der Waals surface area contributed by atoms with E-state index in [1.165, 1.54) is 24.4 Å². The quantitative estimate of drug-likeness (QED) is 0.444. The van der Waals surface area contributed by atoms with Crippen molar-refractivity contribution in [1.29, 1.82) is 0 Å². The lowest BCUT2D eigenvalue weighted by Gasteiger charge is -2.05. The summed E-state index contributed by atoms with van der Waals surface area (Å²) in [6, 6.07) is 10.8. The number of halogens is 3. The minimum Gasteiger partial charge on any atom is -0.441 e. The molecule has 4 nitrogen and oxygen atoms in total. The highest BCUT2D eigenvalue weighted by Gasteiger charge is 2.13. The second kappa shape index (κ2) is 7.68. The van der Waals surface area contributed by atoms with Crippen molar-refractivity contribution in [2.45, 2.75) is 12.8 Å². The normalized spacial score (nSPS) is 10.7. The lowest BCUT2D eigenvalue weighted by Crippen LogP contribution is -2.09. The van der Waals surface area contributed by atoms with Crippen LogP contribution in [-0.4, -0.2) is 11.0 Å². The van der Waals surface area contributed by atoms with Crippen LogP contribution in [0.2, 0.25) is 10.0 Å². The molecule has 0 aliphatic heterocycles. The number of hydrogen-bond donors (Lipinski definition) is 0. The molecule has 3 aromatic rings. The molecule has 0 N–H and O–H groups in total. The maximum atomic E-state index is 13.7. The van der Waals surface area contributed by atoms with Gasteiger partial charge in [0, 0.05) is 11.4 Å². The van der Waals surface area contributed by atoms with Crippen molar-refractivity contribution in [1.82, 2.24) is 4.98 Å². The molecule has 0 saturated heterocycles. The van der Waals surface area contributed by atoms with Crippen LogP contribution in [0.1, 0.15) is 12.3 Å². The first-order valence-corrected chi connectivity index (χ1v) is 8.14. The van der Waals surface area contributed by atoms with E-state index < -0.39 is 11.8 Å². The van der Waals surface area contributed by atoms with Crippen LogP contribution in [-0.2, 0) is 11.2 Å². The smallest absolute Gasteiger partial charge is 0.311 e. The van der Waals surface area contributed by atoms with Crippen molar-refractivity contribution in [3.63, 3.8) is 0 Å². The van der Waals surface area contributed by atoms with Gasteiger partial charge < -0.3 is 9.15 Å². The van der Waals surface area contributed by atoms with Gasteiger partial charge in [0.2, 0.25) is 0 Å². The molecule has 1 heterocycles. The number of esters is 1. The number of hydrogen-bond acceptors (Lipinski definition) is 4. The van der Waals surface area contributed by atoms with E-state index in [0.717, 1.165) is 0 Å². The number of carbonyl (C=O) groups is 1. The predicted octanol–water partition coefficient (Wildman–Crippen LogP) is 5.33. The van der Waals surface area contributed by atoms with Gasteiger partial charge in [0.1, 0.15) is 11.6 Å². The zero-order valence-corrected chi connectivity index (χ0v) is 14.4. The van der Waals surface area contributed by atoms with E-state index in [4.69, 9.17) is 32.4 Å². The van der Waals surface area contributed by atoms with Gasteiger partial charge in [-0.3, -0.25) is 4.79 Å². The summed E-state index contributed by atoms with van der Waals surface area (Å²) in [7, 11) is 0. The molecule has 2 aromatic carbocycles. The highest BCUT2D eigenvalue weighted by Crippen LogP contribution is 2.28. The summed E-state index contributed by atoms with van der Waals surface area (Å²) < 4.78 is 24.4. The molecule has 0 aliphatic carbocycles. The van der Waals surface area contributed by atoms with Crippen molar-refractivity contribution in [3.8, 4) is 17.1 Å². The Hall–Kier alpha value is -2.37. The molecule has 1 aromatic heterocycles. The summed E-state index contributed by atoms with van der Waals surface area (Å²) in [5.41, 5.74) is 0.316. The van der Waals surface area contributed by atoms with E-state index in [1.807, 2.05) is 0 Å². The molecule has 3 rings (SSSR count). The number of aryl methyl sites for hydroxylation is 1. The molecule has 0 spiro atoms. The van der Waals surface area contributed by atoms with Gasteiger partial charge in [0.05, 0.1) is 23.2 Å². The maximum Gasteiger partial charge on any atom is 0.311 e. The van der Waals surface area contributed by atoms with Gasteiger partial charge >= 0.3 is 5.97 Å². The first kappa shape index (κ1) is 17.5. The van der Waals surface area contributed by atoms with Crippen LogP contribution in [0.3, 0.4) is 0 Å². The molecule has 0 aliphatic rings. The zero-order chi connectivity index (χ0) is 17.8. The van der Waals surface area contributed by atoms with Gasteiger partial charge in [-0.05, 0) is 30.3 Å². The van der Waals surface area contributed by atoms with Gasteiger partial charge in [-0.2, -0.15) is 0 Å². The van der Waals surface area contributed by atoms with Crippen LogP contribution in [0.15, 0.2) is 53.1 Å². The van der Waals surface area contributed by atoms with Crippen molar-refractivity contribution in [2.24, 2.45) is 0 Å². The molecule has 25 heavy (non-hydrogen) atoms. The van der Waals surface area contributed by atoms with Crippen molar-refractivity contribution >= 4 is 29.2 Å². The van der Waals surface area contributed by atoms with Crippen LogP contribution < -0.4 is 4.74 Å². The van der Waals surface area contributed by atoms with Gasteiger partial charge in [-0.25, -0.2) is 9.37 Å². The summed E-state index contributed by atoms with van der Waals surface area (Å²) >= 11 is 11.7. The summed E-state index contributed by atoms with van der Waals surface area (Å²) in [6.07, 6.45) is 1.68. The molecule has 0 atom stereocenters. The second-order valence-corrected chi connectivity index (χ2v) is 5.99. The summed E-state index contributed by atoms with van der Waals surface area (Å²) in [5.74, 6) is -0.0352. The molecule has 128 valence electrons. The van der Waals surface area contributed by atoms with Gasteiger partial charge in [0.25, 0.3) is 0 Å². The summed E-state index contributed by atoms with van der Waals surface area (Å²) in [6.45, 7) is 0. The third-order valence-corrected chi connectivity index (χ3v) is 3.88. The van der Waals surface area contributed by atoms with Crippen LogP contribution in [0.25, 0.3) is 11.3 Å². The minimum absolute atomic E-state index is 0.0379. The Morgan fingerprint density at radius 2 is 2.00 bits per heavy atom. The average Bonchev–Trinajstić information content (AvgIpc) is 3.05. The van der Waals surface area contributed by atoms with Crippen LogP contribution in [0.4, 0.5) is 4.39 Å². The van der Waals surface area contributed by atoms with E-state index in [9.17, 15) is 9.18 Å². The largest absolute Gasteiger partial charge is 0.441 e. The number of oxazole rings is 1. The fourth-order valence-corrected chi connectivity index (χ4v) is 2.60. The van der Waals surface area contributed by atoms with Crippen molar-refractivity contribution in [2.75, 3.05) is 0 Å². The third-order valence-electron chi connectivity index (χ3n) is 3.35. The standard InChI is InChI=1S/C18H12Cl2FNO3/c19-11-5-6-15(13(20)9-11)25-18(23)8-7-17-22-10-16(24-17)12-3-1-2-4-14(12)21/h1-6,9-10H,7-8H2. The van der Waals surface area contributed by atoms with Gasteiger partial charge in [-0.1, -0.05) is 35.3 Å². The predicted molar refractivity (Wildman–Crippen MR) is 92.3 cm³/mol. The number of rotatable bonds is 5. The first-order valence-electron chi connectivity index (χ1n) is 7.38. The minimum atomic E-state index is -0.491. The highest BCUT2D eigenvalue weighted by molar-refractivity contribution is 6.35. The lowest BCUT2D eigenvalue weighted by atomic mass is 10.2. The molecular formula is C18H12Cl2FNO3. The van der Waals surface area contributed by atoms with E-state index in [2.05, 4.69) is 4.98 Å². The van der Waals surface area contributed by atoms with E-state index in [1.54, 1.807) is 24.3 Å². The zero-order valence-electron chi connectivity index (χ0n) is 12.8. The summed E-state index contributed by atoms with van der Waals surface area (Å²) in [4.78, 5) is 16.0. The first-order chi connectivity index (χ1) is 12.0. The monoisotopic (exact) mass is 379 g/mol. The van der Waals surface area contributed by atoms with E-state index in [-0.39, 0.29) is 23.6 Å². The Bertz CT molecular complexity index is 911. The molecule has 0 fully saturated rings. The van der Waals surface area contributed by atoms with Crippen molar-refractivity contribution in [3.05, 3.63) is 70.4 Å². The Labute approximate surface area is 153 Å². The second-order valence-electron chi connectivity index (χ2n) is 5.15. The number of aromatic nitrogens is 1. The molecule has 0 radical (unpaired) electrons. The molecule has 0 amide bonds. The highest BCUT2D eigenvalue weighted by atomic mass is 35.5. The molecule has 0 unspecified atom stereocenters. The maximum absolute atomic E-state index is 13.7. The van der Waals surface area contributed by atoms with Gasteiger partial charge in [0.15, 0.2) is 11.7 Å². The number of ether oxygens (including phenoxy) is 1. The fourth-order valence-electron chi connectivity index (χ4n) is 2.15. The van der Waals surface area contributed by atoms with E-state index >= 15 is 0 Å². The fraction of sp³-hybridized carbons (Fsp3) is 0.111. The van der Waals surface area contributed by atoms with Crippen LogP contribution in [0, 0.1) is 5.82 Å². The third kappa shape index (κ3) is 4.38. The number of carbonyl (C=O) groups excluding carboxylic acids is 1. The molecule has 0 saturated carbocycles. The number of nitrogens with zero attached hydrogens (tertiary/aromatic N) is 1. The average molecular weight is 380 g/mol. The molecular weight excluding hydrogens is 368 g/mol. The van der Waals surface area contributed by atoms with E-state index in [0.29, 0.717) is 22.2 Å².